The second-order valence-corrected chi connectivity index (χ2v) is 5.71. The molecule has 0 saturated carbocycles. The molecule has 1 aliphatic rings. The lowest BCUT2D eigenvalue weighted by Gasteiger charge is -2.05. The molecule has 0 fully saturated rings. The zero-order valence-corrected chi connectivity index (χ0v) is 12.8. The van der Waals surface area contributed by atoms with Crippen molar-refractivity contribution in [1.29, 1.82) is 0 Å². The molecule has 1 aromatic heterocycles. The van der Waals surface area contributed by atoms with Crippen LogP contribution in [-0.2, 0) is 18.3 Å². The summed E-state index contributed by atoms with van der Waals surface area (Å²) >= 11 is 1.49. The number of aryl methyl sites for hydroxylation is 1. The summed E-state index contributed by atoms with van der Waals surface area (Å²) in [7, 11) is 1.78. The Morgan fingerprint density at radius 3 is 3.09 bits per heavy atom. The molecule has 0 bridgehead atoms. The summed E-state index contributed by atoms with van der Waals surface area (Å²) in [5.74, 6) is 2.09. The number of amides is 1. The number of thioether (sulfide) groups is 1. The van der Waals surface area contributed by atoms with Gasteiger partial charge in [0.1, 0.15) is 0 Å². The maximum Gasteiger partial charge on any atom is 0.231 e. The summed E-state index contributed by atoms with van der Waals surface area (Å²) in [6.07, 6.45) is 0.312. The Hall–Kier alpha value is -2.29. The van der Waals surface area contributed by atoms with Gasteiger partial charge in [-0.1, -0.05) is 17.8 Å². The number of nitrogens with one attached hydrogen (secondary N) is 1. The standard InChI is InChI=1S/C13H15N5O3S/c1-18-13(15-16-17-18)22-5-4-14-12(19)7-9-2-3-10-11(6-9)21-8-20-10/h2-3,6H,4-5,7-8H2,1H3,(H,14,19). The van der Waals surface area contributed by atoms with Crippen molar-refractivity contribution in [3.8, 4) is 11.5 Å². The lowest BCUT2D eigenvalue weighted by molar-refractivity contribution is -0.120. The van der Waals surface area contributed by atoms with Crippen LogP contribution in [0.15, 0.2) is 23.4 Å². The van der Waals surface area contributed by atoms with Gasteiger partial charge in [0.15, 0.2) is 11.5 Å². The third-order valence-electron chi connectivity index (χ3n) is 3.04. The quantitative estimate of drug-likeness (QED) is 0.608. The summed E-state index contributed by atoms with van der Waals surface area (Å²) < 4.78 is 12.1. The number of carbonyl (C=O) groups is 1. The van der Waals surface area contributed by atoms with Crippen molar-refractivity contribution in [3.05, 3.63) is 23.8 Å². The highest BCUT2D eigenvalue weighted by atomic mass is 32.2. The Bertz CT molecular complexity index is 675. The Morgan fingerprint density at radius 2 is 2.27 bits per heavy atom. The maximum absolute atomic E-state index is 11.9. The van der Waals surface area contributed by atoms with Gasteiger partial charge in [-0.15, -0.1) is 5.10 Å². The fraction of sp³-hybridized carbons (Fsp3) is 0.385. The van der Waals surface area contributed by atoms with Gasteiger partial charge >= 0.3 is 0 Å². The number of carbonyl (C=O) groups excluding carboxylic acids is 1. The zero-order chi connectivity index (χ0) is 15.4. The minimum Gasteiger partial charge on any atom is -0.454 e. The van der Waals surface area contributed by atoms with E-state index in [2.05, 4.69) is 20.8 Å². The van der Waals surface area contributed by atoms with E-state index in [1.165, 1.54) is 11.8 Å². The molecule has 1 aromatic carbocycles. The van der Waals surface area contributed by atoms with Crippen molar-refractivity contribution in [1.82, 2.24) is 25.5 Å². The first-order chi connectivity index (χ1) is 10.7. The Balaban J connectivity index is 1.42. The van der Waals surface area contributed by atoms with Crippen LogP contribution >= 0.6 is 11.8 Å². The molecule has 0 saturated heterocycles. The summed E-state index contributed by atoms with van der Waals surface area (Å²) in [5, 5.41) is 14.8. The fourth-order valence-electron chi connectivity index (χ4n) is 1.98. The van der Waals surface area contributed by atoms with E-state index in [0.29, 0.717) is 24.5 Å². The number of tetrazole rings is 1. The van der Waals surface area contributed by atoms with Crippen LogP contribution in [0.4, 0.5) is 0 Å². The molecule has 116 valence electrons. The van der Waals surface area contributed by atoms with Gasteiger partial charge in [-0.3, -0.25) is 4.79 Å². The SMILES string of the molecule is Cn1nnnc1SCCNC(=O)Cc1ccc2c(c1)OCO2. The Labute approximate surface area is 131 Å². The summed E-state index contributed by atoms with van der Waals surface area (Å²) in [6.45, 7) is 0.792. The second kappa shape index (κ2) is 6.65. The zero-order valence-electron chi connectivity index (χ0n) is 12.0. The van der Waals surface area contributed by atoms with Crippen LogP contribution in [0.2, 0.25) is 0 Å². The predicted octanol–water partition coefficient (Wildman–Crippen LogP) is 0.390. The molecular weight excluding hydrogens is 306 g/mol. The predicted molar refractivity (Wildman–Crippen MR) is 78.8 cm³/mol. The molecule has 8 nitrogen and oxygen atoms in total. The van der Waals surface area contributed by atoms with Crippen LogP contribution in [0, 0.1) is 0 Å². The molecule has 2 heterocycles. The fourth-order valence-corrected chi connectivity index (χ4v) is 2.68. The summed E-state index contributed by atoms with van der Waals surface area (Å²) in [5.41, 5.74) is 0.895. The number of rotatable bonds is 6. The minimum atomic E-state index is -0.0319. The van der Waals surface area contributed by atoms with Gasteiger partial charge in [-0.05, 0) is 28.1 Å². The van der Waals surface area contributed by atoms with E-state index in [1.807, 2.05) is 18.2 Å². The number of ether oxygens (including phenoxy) is 2. The lowest BCUT2D eigenvalue weighted by Crippen LogP contribution is -2.27. The number of hydrogen-bond acceptors (Lipinski definition) is 7. The molecule has 0 unspecified atom stereocenters. The molecule has 3 rings (SSSR count). The topological polar surface area (TPSA) is 91.2 Å². The average Bonchev–Trinajstić information content (AvgIpc) is 3.12. The molecule has 0 radical (unpaired) electrons. The third kappa shape index (κ3) is 3.48. The van der Waals surface area contributed by atoms with E-state index in [1.54, 1.807) is 11.7 Å². The van der Waals surface area contributed by atoms with Gasteiger partial charge in [0, 0.05) is 19.3 Å². The van der Waals surface area contributed by atoms with Crippen molar-refractivity contribution in [2.75, 3.05) is 19.1 Å². The van der Waals surface area contributed by atoms with Crippen molar-refractivity contribution in [3.63, 3.8) is 0 Å². The van der Waals surface area contributed by atoms with E-state index < -0.39 is 0 Å². The van der Waals surface area contributed by atoms with Crippen molar-refractivity contribution < 1.29 is 14.3 Å². The van der Waals surface area contributed by atoms with Crippen molar-refractivity contribution in [2.45, 2.75) is 11.6 Å². The van der Waals surface area contributed by atoms with Gasteiger partial charge in [0.05, 0.1) is 6.42 Å². The second-order valence-electron chi connectivity index (χ2n) is 4.65. The smallest absolute Gasteiger partial charge is 0.231 e. The molecule has 1 N–H and O–H groups in total. The van der Waals surface area contributed by atoms with Crippen molar-refractivity contribution >= 4 is 17.7 Å². The van der Waals surface area contributed by atoms with Gasteiger partial charge in [0.2, 0.25) is 17.9 Å². The molecule has 1 amide bonds. The highest BCUT2D eigenvalue weighted by molar-refractivity contribution is 7.99. The van der Waals surface area contributed by atoms with E-state index >= 15 is 0 Å². The van der Waals surface area contributed by atoms with Crippen LogP contribution in [0.1, 0.15) is 5.56 Å². The third-order valence-corrected chi connectivity index (χ3v) is 4.05. The van der Waals surface area contributed by atoms with E-state index in [4.69, 9.17) is 9.47 Å². The van der Waals surface area contributed by atoms with Crippen LogP contribution in [0.5, 0.6) is 11.5 Å². The van der Waals surface area contributed by atoms with Crippen molar-refractivity contribution in [2.24, 2.45) is 7.05 Å². The maximum atomic E-state index is 11.9. The first-order valence-electron chi connectivity index (χ1n) is 6.73. The summed E-state index contributed by atoms with van der Waals surface area (Å²) in [4.78, 5) is 11.9. The molecular formula is C13H15N5O3S. The van der Waals surface area contributed by atoms with Gasteiger partial charge in [-0.2, -0.15) is 0 Å². The van der Waals surface area contributed by atoms with Crippen LogP contribution in [0.3, 0.4) is 0 Å². The van der Waals surface area contributed by atoms with E-state index in [0.717, 1.165) is 16.5 Å². The number of aromatic nitrogens is 4. The van der Waals surface area contributed by atoms with Gasteiger partial charge < -0.3 is 14.8 Å². The average molecular weight is 321 g/mol. The Kier molecular flexibility index (Phi) is 4.42. The number of nitrogens with zero attached hydrogens (tertiary/aromatic N) is 4. The molecule has 0 atom stereocenters. The van der Waals surface area contributed by atoms with Gasteiger partial charge in [0.25, 0.3) is 0 Å². The molecule has 22 heavy (non-hydrogen) atoms. The minimum absolute atomic E-state index is 0.0319. The van der Waals surface area contributed by atoms with Crippen LogP contribution in [-0.4, -0.2) is 45.2 Å². The molecule has 0 spiro atoms. The van der Waals surface area contributed by atoms with Crippen LogP contribution < -0.4 is 14.8 Å². The summed E-state index contributed by atoms with van der Waals surface area (Å²) in [6, 6.07) is 5.52. The molecule has 0 aliphatic carbocycles. The highest BCUT2D eigenvalue weighted by Crippen LogP contribution is 2.32. The molecule has 2 aromatic rings. The van der Waals surface area contributed by atoms with Gasteiger partial charge in [-0.25, -0.2) is 4.68 Å². The Morgan fingerprint density at radius 1 is 1.41 bits per heavy atom. The lowest BCUT2D eigenvalue weighted by atomic mass is 10.1. The first-order valence-corrected chi connectivity index (χ1v) is 7.71. The molecule has 1 aliphatic heterocycles. The number of fused-ring (bicyclic) bond motifs is 1. The molecule has 9 heteroatoms. The highest BCUT2D eigenvalue weighted by Gasteiger charge is 2.14. The number of benzene rings is 1. The van der Waals surface area contributed by atoms with Crippen LogP contribution in [0.25, 0.3) is 0 Å². The first kappa shape index (κ1) is 14.6. The monoisotopic (exact) mass is 321 g/mol. The largest absolute Gasteiger partial charge is 0.454 e. The normalized spacial score (nSPS) is 12.4. The van der Waals surface area contributed by atoms with E-state index in [9.17, 15) is 4.79 Å². The van der Waals surface area contributed by atoms with E-state index in [-0.39, 0.29) is 12.7 Å². The number of hydrogen-bond donors (Lipinski definition) is 1.